The third-order valence-corrected chi connectivity index (χ3v) is 3.74. The fourth-order valence-corrected chi connectivity index (χ4v) is 1.67. The van der Waals surface area contributed by atoms with Crippen LogP contribution >= 0.6 is 0 Å². The van der Waals surface area contributed by atoms with E-state index in [-0.39, 0.29) is 12.1 Å². The van der Waals surface area contributed by atoms with Crippen molar-refractivity contribution in [3.8, 4) is 0 Å². The topological polar surface area (TPSA) is 81.4 Å². The lowest BCUT2D eigenvalue weighted by molar-refractivity contribution is 0.0611. The second-order valence-electron chi connectivity index (χ2n) is 3.69. The maximum Gasteiger partial charge on any atom is 0.151 e. The minimum Gasteiger partial charge on any atom is -0.377 e. The Kier molecular flexibility index (Phi) is 5.58. The van der Waals surface area contributed by atoms with E-state index in [0.29, 0.717) is 6.61 Å². The summed E-state index contributed by atoms with van der Waals surface area (Å²) in [6.07, 6.45) is 1.26. The lowest BCUT2D eigenvalue weighted by Crippen LogP contribution is -2.49. The number of sulfone groups is 1. The van der Waals surface area contributed by atoms with Crippen LogP contribution in [0.2, 0.25) is 0 Å². The average Bonchev–Trinajstić information content (AvgIpc) is 2.03. The van der Waals surface area contributed by atoms with E-state index in [1.54, 1.807) is 6.92 Å². The smallest absolute Gasteiger partial charge is 0.151 e. The molecule has 2 unspecified atom stereocenters. The molecule has 0 aliphatic rings. The largest absolute Gasteiger partial charge is 0.377 e. The monoisotopic (exact) mass is 224 g/mol. The molecular weight excluding hydrogens is 204 g/mol. The van der Waals surface area contributed by atoms with E-state index in [9.17, 15) is 8.42 Å². The number of hydrogen-bond acceptors (Lipinski definition) is 5. The quantitative estimate of drug-likeness (QED) is 0.477. The van der Waals surface area contributed by atoms with Gasteiger partial charge in [0.1, 0.15) is 0 Å². The van der Waals surface area contributed by atoms with Crippen LogP contribution in [0.1, 0.15) is 20.8 Å². The number of hydrazine groups is 1. The lowest BCUT2D eigenvalue weighted by atomic mass is 10.2. The van der Waals surface area contributed by atoms with Crippen LogP contribution in [-0.4, -0.2) is 38.7 Å². The number of nitrogens with one attached hydrogen (secondary N) is 1. The average molecular weight is 224 g/mol. The summed E-state index contributed by atoms with van der Waals surface area (Å²) in [7, 11) is -3.08. The normalized spacial score (nSPS) is 17.0. The van der Waals surface area contributed by atoms with Gasteiger partial charge in [0.15, 0.2) is 9.84 Å². The Morgan fingerprint density at radius 3 is 2.14 bits per heavy atom. The molecule has 0 heterocycles. The molecule has 0 bridgehead atoms. The second kappa shape index (κ2) is 5.65. The van der Waals surface area contributed by atoms with Gasteiger partial charge >= 0.3 is 0 Å². The van der Waals surface area contributed by atoms with E-state index < -0.39 is 15.1 Å². The maximum absolute atomic E-state index is 11.2. The Labute approximate surface area is 85.9 Å². The molecule has 0 amide bonds. The van der Waals surface area contributed by atoms with Gasteiger partial charge in [0, 0.05) is 6.26 Å². The predicted molar refractivity (Wildman–Crippen MR) is 56.5 cm³/mol. The van der Waals surface area contributed by atoms with Gasteiger partial charge in [-0.1, -0.05) is 0 Å². The first-order valence-corrected chi connectivity index (χ1v) is 6.51. The van der Waals surface area contributed by atoms with Crippen LogP contribution < -0.4 is 11.3 Å². The zero-order valence-electron chi connectivity index (χ0n) is 9.15. The van der Waals surface area contributed by atoms with Crippen LogP contribution in [0.25, 0.3) is 0 Å². The number of hydrogen-bond donors (Lipinski definition) is 2. The first kappa shape index (κ1) is 13.8. The molecule has 6 heteroatoms. The number of nitrogens with two attached hydrogens (primary N) is 1. The van der Waals surface area contributed by atoms with Gasteiger partial charge in [0.25, 0.3) is 0 Å². The van der Waals surface area contributed by atoms with Crippen LogP contribution in [-0.2, 0) is 14.6 Å². The summed E-state index contributed by atoms with van der Waals surface area (Å²) in [6.45, 7) is 5.68. The summed E-state index contributed by atoms with van der Waals surface area (Å²) in [6, 6.07) is -0.368. The van der Waals surface area contributed by atoms with Crippen molar-refractivity contribution >= 4 is 9.84 Å². The highest BCUT2D eigenvalue weighted by atomic mass is 32.2. The van der Waals surface area contributed by atoms with Gasteiger partial charge in [-0.3, -0.25) is 11.3 Å². The fraction of sp³-hybridized carbons (Fsp3) is 1.00. The summed E-state index contributed by atoms with van der Waals surface area (Å²) < 4.78 is 27.8. The summed E-state index contributed by atoms with van der Waals surface area (Å²) in [4.78, 5) is 0. The van der Waals surface area contributed by atoms with Crippen LogP contribution in [0.4, 0.5) is 0 Å². The van der Waals surface area contributed by atoms with Gasteiger partial charge in [0.2, 0.25) is 0 Å². The zero-order valence-corrected chi connectivity index (χ0v) is 9.97. The van der Waals surface area contributed by atoms with Crippen molar-refractivity contribution in [1.29, 1.82) is 0 Å². The summed E-state index contributed by atoms with van der Waals surface area (Å²) in [5.41, 5.74) is 2.46. The molecule has 0 saturated carbocycles. The van der Waals surface area contributed by atoms with Crippen molar-refractivity contribution < 1.29 is 13.2 Å². The molecule has 2 atom stereocenters. The SMILES string of the molecule is CC(C)OCC(NN)C(C)S(C)(=O)=O. The maximum atomic E-state index is 11.2. The van der Waals surface area contributed by atoms with Gasteiger partial charge < -0.3 is 4.74 Å². The zero-order chi connectivity index (χ0) is 11.4. The molecule has 0 aromatic rings. The van der Waals surface area contributed by atoms with E-state index in [2.05, 4.69) is 5.43 Å². The van der Waals surface area contributed by atoms with Gasteiger partial charge in [-0.05, 0) is 20.8 Å². The molecule has 0 aromatic carbocycles. The van der Waals surface area contributed by atoms with Crippen molar-refractivity contribution in [2.75, 3.05) is 12.9 Å². The van der Waals surface area contributed by atoms with Crippen LogP contribution in [0.5, 0.6) is 0 Å². The molecule has 86 valence electrons. The third-order valence-electron chi connectivity index (χ3n) is 2.07. The molecular formula is C8H20N2O3S. The standard InChI is InChI=1S/C8H20N2O3S/c1-6(2)13-5-8(10-9)7(3)14(4,11)12/h6-8,10H,5,9H2,1-4H3. The minimum absolute atomic E-state index is 0.0672. The Hall–Kier alpha value is -0.170. The Bertz CT molecular complexity index is 251. The van der Waals surface area contributed by atoms with Crippen LogP contribution in [0, 0.1) is 0 Å². The Morgan fingerprint density at radius 1 is 1.36 bits per heavy atom. The first-order chi connectivity index (χ1) is 6.29. The lowest BCUT2D eigenvalue weighted by Gasteiger charge is -2.22. The molecule has 14 heavy (non-hydrogen) atoms. The van der Waals surface area contributed by atoms with Gasteiger partial charge in [-0.25, -0.2) is 8.42 Å². The molecule has 5 nitrogen and oxygen atoms in total. The summed E-state index contributed by atoms with van der Waals surface area (Å²) in [5.74, 6) is 5.26. The van der Waals surface area contributed by atoms with E-state index in [4.69, 9.17) is 10.6 Å². The van der Waals surface area contributed by atoms with Crippen LogP contribution in [0.3, 0.4) is 0 Å². The molecule has 0 aromatic heterocycles. The van der Waals surface area contributed by atoms with Gasteiger partial charge in [-0.15, -0.1) is 0 Å². The highest BCUT2D eigenvalue weighted by Gasteiger charge is 2.25. The van der Waals surface area contributed by atoms with Crippen molar-refractivity contribution in [3.63, 3.8) is 0 Å². The van der Waals surface area contributed by atoms with E-state index >= 15 is 0 Å². The predicted octanol–water partition coefficient (Wildman–Crippen LogP) is -0.324. The second-order valence-corrected chi connectivity index (χ2v) is 6.09. The Balaban J connectivity index is 4.27. The molecule has 0 fully saturated rings. The molecule has 0 aliphatic carbocycles. The van der Waals surface area contributed by atoms with E-state index in [1.807, 2.05) is 13.8 Å². The van der Waals surface area contributed by atoms with E-state index in [1.165, 1.54) is 6.26 Å². The van der Waals surface area contributed by atoms with Crippen LogP contribution in [0.15, 0.2) is 0 Å². The highest BCUT2D eigenvalue weighted by molar-refractivity contribution is 7.91. The molecule has 0 saturated heterocycles. The number of ether oxygens (including phenoxy) is 1. The third kappa shape index (κ3) is 4.90. The Morgan fingerprint density at radius 2 is 1.86 bits per heavy atom. The molecule has 0 aliphatic heterocycles. The van der Waals surface area contributed by atoms with Crippen molar-refractivity contribution in [1.82, 2.24) is 5.43 Å². The van der Waals surface area contributed by atoms with Crippen molar-refractivity contribution in [2.24, 2.45) is 5.84 Å². The molecule has 3 N–H and O–H groups in total. The number of rotatable bonds is 6. The van der Waals surface area contributed by atoms with Crippen molar-refractivity contribution in [2.45, 2.75) is 38.2 Å². The van der Waals surface area contributed by atoms with E-state index in [0.717, 1.165) is 0 Å². The molecule has 0 radical (unpaired) electrons. The first-order valence-electron chi connectivity index (χ1n) is 4.55. The van der Waals surface area contributed by atoms with Crippen molar-refractivity contribution in [3.05, 3.63) is 0 Å². The van der Waals surface area contributed by atoms with Gasteiger partial charge in [0.05, 0.1) is 24.0 Å². The highest BCUT2D eigenvalue weighted by Crippen LogP contribution is 2.05. The van der Waals surface area contributed by atoms with Gasteiger partial charge in [-0.2, -0.15) is 0 Å². The minimum atomic E-state index is -3.08. The summed E-state index contributed by atoms with van der Waals surface area (Å²) in [5, 5.41) is -0.550. The molecule has 0 rings (SSSR count). The fourth-order valence-electron chi connectivity index (χ4n) is 0.914. The molecule has 0 spiro atoms. The summed E-state index contributed by atoms with van der Waals surface area (Å²) >= 11 is 0.